The fourth-order valence-corrected chi connectivity index (χ4v) is 4.86. The maximum Gasteiger partial charge on any atom is 0.324 e. The van der Waals surface area contributed by atoms with Gasteiger partial charge >= 0.3 is 6.03 Å². The number of carbonyl (C=O) groups excluding carboxylic acids is 3. The minimum absolute atomic E-state index is 0.131. The van der Waals surface area contributed by atoms with Crippen molar-refractivity contribution in [1.29, 1.82) is 0 Å². The highest BCUT2D eigenvalue weighted by Gasteiger charge is 2.45. The van der Waals surface area contributed by atoms with Crippen molar-refractivity contribution < 1.29 is 19.1 Å². The van der Waals surface area contributed by atoms with E-state index in [2.05, 4.69) is 22.3 Å². The molecule has 2 heterocycles. The van der Waals surface area contributed by atoms with Crippen molar-refractivity contribution in [1.82, 2.24) is 15.1 Å². The molecule has 2 aliphatic heterocycles. The second-order valence-corrected chi connectivity index (χ2v) is 8.30. The molecule has 1 aromatic carbocycles. The van der Waals surface area contributed by atoms with E-state index in [0.717, 1.165) is 13.1 Å². The van der Waals surface area contributed by atoms with Gasteiger partial charge in [0.05, 0.1) is 19.1 Å². The summed E-state index contributed by atoms with van der Waals surface area (Å²) in [5.74, 6) is -0.348. The van der Waals surface area contributed by atoms with Crippen LogP contribution < -0.4 is 10.2 Å². The number of benzene rings is 1. The van der Waals surface area contributed by atoms with Crippen molar-refractivity contribution >= 4 is 23.5 Å². The van der Waals surface area contributed by atoms with Gasteiger partial charge in [0.25, 0.3) is 0 Å². The van der Waals surface area contributed by atoms with E-state index in [9.17, 15) is 14.4 Å². The van der Waals surface area contributed by atoms with Crippen LogP contribution in [-0.2, 0) is 14.3 Å². The van der Waals surface area contributed by atoms with Gasteiger partial charge < -0.3 is 19.9 Å². The number of ether oxygens (including phenoxy) is 1. The van der Waals surface area contributed by atoms with E-state index < -0.39 is 0 Å². The molecule has 8 heteroatoms. The molecular formula is C22H30N4O4. The molecule has 3 unspecified atom stereocenters. The smallest absolute Gasteiger partial charge is 0.324 e. The fourth-order valence-electron chi connectivity index (χ4n) is 4.86. The standard InChI is InChI=1S/C22H30N4O4/c1-30-14-13-26-21(28)18-8-7-16(15-19(18)23-22(26)29)20(27)25-11-9-24(10-12-25)17-5-3-2-4-6-17/h2-6,16,18-19H,7-15H2,1H3,(H,23,29). The first kappa shape index (κ1) is 20.7. The number of imide groups is 1. The molecule has 0 bridgehead atoms. The lowest BCUT2D eigenvalue weighted by atomic mass is 9.76. The second kappa shape index (κ2) is 9.04. The summed E-state index contributed by atoms with van der Waals surface area (Å²) in [6, 6.07) is 9.63. The molecule has 1 saturated carbocycles. The third-order valence-electron chi connectivity index (χ3n) is 6.57. The molecule has 1 N–H and O–H groups in total. The molecule has 3 atom stereocenters. The largest absolute Gasteiger partial charge is 0.383 e. The Balaban J connectivity index is 1.32. The quantitative estimate of drug-likeness (QED) is 0.786. The van der Waals surface area contributed by atoms with Crippen LogP contribution in [0.4, 0.5) is 10.5 Å². The van der Waals surface area contributed by atoms with Crippen LogP contribution in [-0.4, -0.2) is 80.1 Å². The molecule has 1 aromatic rings. The summed E-state index contributed by atoms with van der Waals surface area (Å²) in [6.45, 7) is 3.63. The normalized spacial score (nSPS) is 27.0. The van der Waals surface area contributed by atoms with Gasteiger partial charge in [0.1, 0.15) is 0 Å². The number of nitrogens with one attached hydrogen (secondary N) is 1. The van der Waals surface area contributed by atoms with Crippen molar-refractivity contribution in [2.45, 2.75) is 25.3 Å². The minimum atomic E-state index is -0.372. The summed E-state index contributed by atoms with van der Waals surface area (Å²) >= 11 is 0. The molecule has 2 saturated heterocycles. The number of urea groups is 1. The average molecular weight is 415 g/mol. The van der Waals surface area contributed by atoms with Gasteiger partial charge in [-0.25, -0.2) is 4.79 Å². The van der Waals surface area contributed by atoms with E-state index in [1.165, 1.54) is 10.6 Å². The molecule has 30 heavy (non-hydrogen) atoms. The number of para-hydroxylation sites is 1. The number of methoxy groups -OCH3 is 1. The summed E-state index contributed by atoms with van der Waals surface area (Å²) in [5, 5.41) is 2.96. The Hall–Kier alpha value is -2.61. The Kier molecular flexibility index (Phi) is 6.22. The van der Waals surface area contributed by atoms with E-state index in [0.29, 0.717) is 39.0 Å². The Labute approximate surface area is 177 Å². The number of amides is 4. The van der Waals surface area contributed by atoms with E-state index in [1.54, 1.807) is 7.11 Å². The summed E-state index contributed by atoms with van der Waals surface area (Å²) in [7, 11) is 1.55. The predicted octanol–water partition coefficient (Wildman–Crippen LogP) is 1.32. The lowest BCUT2D eigenvalue weighted by Gasteiger charge is -2.43. The molecule has 8 nitrogen and oxygen atoms in total. The third-order valence-corrected chi connectivity index (χ3v) is 6.57. The Morgan fingerprint density at radius 1 is 1.10 bits per heavy atom. The number of fused-ring (bicyclic) bond motifs is 1. The van der Waals surface area contributed by atoms with Gasteiger partial charge in [-0.2, -0.15) is 0 Å². The summed E-state index contributed by atoms with van der Waals surface area (Å²) in [5.41, 5.74) is 1.19. The second-order valence-electron chi connectivity index (χ2n) is 8.30. The monoisotopic (exact) mass is 414 g/mol. The van der Waals surface area contributed by atoms with Crippen LogP contribution in [0.2, 0.25) is 0 Å². The lowest BCUT2D eigenvalue weighted by molar-refractivity contribution is -0.143. The highest BCUT2D eigenvalue weighted by Crippen LogP contribution is 2.34. The molecule has 0 radical (unpaired) electrons. The van der Waals surface area contributed by atoms with E-state index in [-0.39, 0.29) is 42.3 Å². The Morgan fingerprint density at radius 2 is 1.83 bits per heavy atom. The van der Waals surface area contributed by atoms with Gasteiger partial charge in [-0.15, -0.1) is 0 Å². The number of nitrogens with zero attached hydrogens (tertiary/aromatic N) is 3. The van der Waals surface area contributed by atoms with Crippen LogP contribution in [0.15, 0.2) is 30.3 Å². The molecule has 162 valence electrons. The number of hydrogen-bond acceptors (Lipinski definition) is 5. The van der Waals surface area contributed by atoms with Gasteiger partial charge in [-0.05, 0) is 31.4 Å². The van der Waals surface area contributed by atoms with Crippen LogP contribution in [0.25, 0.3) is 0 Å². The highest BCUT2D eigenvalue weighted by molar-refractivity contribution is 5.99. The topological polar surface area (TPSA) is 82.2 Å². The number of piperazine rings is 1. The summed E-state index contributed by atoms with van der Waals surface area (Å²) in [4.78, 5) is 43.7. The van der Waals surface area contributed by atoms with Gasteiger partial charge in [-0.1, -0.05) is 18.2 Å². The van der Waals surface area contributed by atoms with Gasteiger partial charge in [-0.3, -0.25) is 14.5 Å². The molecule has 0 spiro atoms. The molecule has 3 fully saturated rings. The Morgan fingerprint density at radius 3 is 2.53 bits per heavy atom. The number of rotatable bonds is 5. The van der Waals surface area contributed by atoms with Crippen LogP contribution >= 0.6 is 0 Å². The first-order valence-corrected chi connectivity index (χ1v) is 10.8. The van der Waals surface area contributed by atoms with Gasteiger partial charge in [0, 0.05) is 50.9 Å². The maximum atomic E-state index is 13.1. The molecule has 1 aliphatic carbocycles. The fraction of sp³-hybridized carbons (Fsp3) is 0.591. The zero-order valence-electron chi connectivity index (χ0n) is 17.5. The lowest BCUT2D eigenvalue weighted by Crippen LogP contribution is -2.62. The summed E-state index contributed by atoms with van der Waals surface area (Å²) < 4.78 is 5.00. The van der Waals surface area contributed by atoms with Crippen LogP contribution in [0.1, 0.15) is 19.3 Å². The zero-order valence-corrected chi connectivity index (χ0v) is 17.5. The summed E-state index contributed by atoms with van der Waals surface area (Å²) in [6.07, 6.45) is 1.87. The molecule has 3 aliphatic rings. The zero-order chi connectivity index (χ0) is 21.1. The van der Waals surface area contributed by atoms with Crippen LogP contribution in [0, 0.1) is 11.8 Å². The van der Waals surface area contributed by atoms with Gasteiger partial charge in [0.2, 0.25) is 11.8 Å². The van der Waals surface area contributed by atoms with E-state index in [1.807, 2.05) is 23.1 Å². The SMILES string of the molecule is COCCN1C(=O)NC2CC(C(=O)N3CCN(c4ccccc4)CC3)CCC2C1=O. The highest BCUT2D eigenvalue weighted by atomic mass is 16.5. The van der Waals surface area contributed by atoms with Crippen LogP contribution in [0.3, 0.4) is 0 Å². The molecule has 4 amide bonds. The van der Waals surface area contributed by atoms with E-state index in [4.69, 9.17) is 4.74 Å². The third kappa shape index (κ3) is 4.14. The van der Waals surface area contributed by atoms with Gasteiger partial charge in [0.15, 0.2) is 0 Å². The number of anilines is 1. The number of hydrogen-bond donors (Lipinski definition) is 1. The first-order valence-electron chi connectivity index (χ1n) is 10.8. The van der Waals surface area contributed by atoms with Crippen molar-refractivity contribution in [2.24, 2.45) is 11.8 Å². The first-order chi connectivity index (χ1) is 14.6. The Bertz CT molecular complexity index is 779. The number of carbonyl (C=O) groups is 3. The van der Waals surface area contributed by atoms with Crippen molar-refractivity contribution in [3.63, 3.8) is 0 Å². The maximum absolute atomic E-state index is 13.1. The minimum Gasteiger partial charge on any atom is -0.383 e. The van der Waals surface area contributed by atoms with E-state index >= 15 is 0 Å². The molecular weight excluding hydrogens is 384 g/mol. The van der Waals surface area contributed by atoms with Crippen molar-refractivity contribution in [2.75, 3.05) is 51.3 Å². The average Bonchev–Trinajstić information content (AvgIpc) is 2.79. The molecule has 4 rings (SSSR count). The van der Waals surface area contributed by atoms with Crippen LogP contribution in [0.5, 0.6) is 0 Å². The predicted molar refractivity (Wildman–Crippen MR) is 112 cm³/mol. The van der Waals surface area contributed by atoms with Crippen molar-refractivity contribution in [3.8, 4) is 0 Å². The van der Waals surface area contributed by atoms with Crippen molar-refractivity contribution in [3.05, 3.63) is 30.3 Å². The molecule has 0 aromatic heterocycles.